The van der Waals surface area contributed by atoms with Crippen LogP contribution in [0.4, 0.5) is 4.39 Å². The van der Waals surface area contributed by atoms with Gasteiger partial charge in [0.2, 0.25) is 0 Å². The average molecular weight is 290 g/mol. The molecule has 0 atom stereocenters. The van der Waals surface area contributed by atoms with Crippen molar-refractivity contribution in [1.29, 1.82) is 0 Å². The normalized spacial score (nSPS) is 21.5. The summed E-state index contributed by atoms with van der Waals surface area (Å²) in [4.78, 5) is 0. The molecule has 0 aromatic heterocycles. The minimum Gasteiger partial charge on any atom is -0.310 e. The predicted octanol–water partition coefficient (Wildman–Crippen LogP) is 4.51. The summed E-state index contributed by atoms with van der Waals surface area (Å²) in [5.74, 6) is 0.337. The van der Waals surface area contributed by atoms with Crippen LogP contribution in [0.3, 0.4) is 0 Å². The van der Waals surface area contributed by atoms with Crippen LogP contribution in [0.2, 0.25) is 5.02 Å². The number of halogens is 2. The quantitative estimate of drug-likeness (QED) is 0.873. The summed E-state index contributed by atoms with van der Waals surface area (Å²) in [7, 11) is 0. The molecule has 3 rings (SSSR count). The molecular weight excluding hydrogens is 273 g/mol. The Balaban J connectivity index is 1.50. The number of hydrogen-bond acceptors (Lipinski definition) is 1. The molecule has 0 radical (unpaired) electrons. The van der Waals surface area contributed by atoms with Gasteiger partial charge in [0, 0.05) is 17.6 Å². The molecule has 3 heteroatoms. The van der Waals surface area contributed by atoms with E-state index in [9.17, 15) is 4.39 Å². The van der Waals surface area contributed by atoms with Crippen LogP contribution in [-0.4, -0.2) is 6.04 Å². The van der Waals surface area contributed by atoms with Gasteiger partial charge in [-0.2, -0.15) is 0 Å². The van der Waals surface area contributed by atoms with Crippen molar-refractivity contribution in [1.82, 2.24) is 5.32 Å². The van der Waals surface area contributed by atoms with Crippen LogP contribution in [0.25, 0.3) is 0 Å². The molecule has 1 aliphatic carbocycles. The molecule has 1 aliphatic rings. The number of rotatable bonds is 4. The lowest BCUT2D eigenvalue weighted by molar-refractivity contribution is 0.289. The van der Waals surface area contributed by atoms with Crippen molar-refractivity contribution in [2.75, 3.05) is 0 Å². The maximum absolute atomic E-state index is 13.2. The van der Waals surface area contributed by atoms with Crippen LogP contribution in [0, 0.1) is 5.82 Å². The summed E-state index contributed by atoms with van der Waals surface area (Å²) >= 11 is 6.13. The summed E-state index contributed by atoms with van der Waals surface area (Å²) in [6.45, 7) is 0.792. The monoisotopic (exact) mass is 289 g/mol. The smallest absolute Gasteiger partial charge is 0.123 e. The zero-order chi connectivity index (χ0) is 13.9. The van der Waals surface area contributed by atoms with E-state index in [1.165, 1.54) is 6.07 Å². The predicted molar refractivity (Wildman–Crippen MR) is 80.5 cm³/mol. The van der Waals surface area contributed by atoms with Crippen molar-refractivity contribution in [3.8, 4) is 0 Å². The molecule has 0 saturated heterocycles. The first-order valence-electron chi connectivity index (χ1n) is 6.94. The molecule has 0 unspecified atom stereocenters. The molecule has 2 aromatic rings. The summed E-state index contributed by atoms with van der Waals surface area (Å²) in [6.07, 6.45) is 2.13. The fourth-order valence-corrected chi connectivity index (χ4v) is 2.92. The van der Waals surface area contributed by atoms with Crippen LogP contribution < -0.4 is 5.32 Å². The number of hydrogen-bond donors (Lipinski definition) is 1. The van der Waals surface area contributed by atoms with Crippen LogP contribution in [0.15, 0.2) is 48.5 Å². The lowest BCUT2D eigenvalue weighted by Gasteiger charge is -2.36. The second-order valence-electron chi connectivity index (χ2n) is 5.39. The van der Waals surface area contributed by atoms with E-state index in [4.69, 9.17) is 11.6 Å². The molecule has 1 nitrogen and oxygen atoms in total. The zero-order valence-electron chi connectivity index (χ0n) is 11.2. The van der Waals surface area contributed by atoms with Gasteiger partial charge in [0.25, 0.3) is 0 Å². The van der Waals surface area contributed by atoms with Crippen LogP contribution in [0.1, 0.15) is 29.9 Å². The molecule has 1 N–H and O–H groups in total. The van der Waals surface area contributed by atoms with Crippen molar-refractivity contribution < 1.29 is 4.39 Å². The van der Waals surface area contributed by atoms with E-state index < -0.39 is 0 Å². The molecule has 104 valence electrons. The van der Waals surface area contributed by atoms with Crippen LogP contribution in [0.5, 0.6) is 0 Å². The first-order valence-corrected chi connectivity index (χ1v) is 7.32. The standard InChI is InChI=1S/C17H17ClFN/c18-17-7-2-1-4-13(17)11-20-16-9-14(10-16)12-5-3-6-15(19)8-12/h1-8,14,16,20H,9-11H2. The highest BCUT2D eigenvalue weighted by molar-refractivity contribution is 6.31. The fraction of sp³-hybridized carbons (Fsp3) is 0.294. The van der Waals surface area contributed by atoms with Gasteiger partial charge < -0.3 is 5.32 Å². The fourth-order valence-electron chi connectivity index (χ4n) is 2.71. The van der Waals surface area contributed by atoms with Gasteiger partial charge in [-0.1, -0.05) is 41.9 Å². The Morgan fingerprint density at radius 3 is 2.65 bits per heavy atom. The number of nitrogens with one attached hydrogen (secondary N) is 1. The lowest BCUT2D eigenvalue weighted by atomic mass is 9.76. The molecule has 2 aromatic carbocycles. The first kappa shape index (κ1) is 13.6. The van der Waals surface area contributed by atoms with E-state index in [2.05, 4.69) is 5.32 Å². The lowest BCUT2D eigenvalue weighted by Crippen LogP contribution is -2.39. The SMILES string of the molecule is Fc1cccc(C2CC(NCc3ccccc3Cl)C2)c1. The maximum atomic E-state index is 13.2. The molecule has 0 spiro atoms. The van der Waals surface area contributed by atoms with Gasteiger partial charge in [-0.15, -0.1) is 0 Å². The molecule has 20 heavy (non-hydrogen) atoms. The average Bonchev–Trinajstić information content (AvgIpc) is 2.39. The van der Waals surface area contributed by atoms with E-state index >= 15 is 0 Å². The highest BCUT2D eigenvalue weighted by atomic mass is 35.5. The first-order chi connectivity index (χ1) is 9.72. The Bertz CT molecular complexity index is 593. The van der Waals surface area contributed by atoms with E-state index in [0.29, 0.717) is 12.0 Å². The third-order valence-electron chi connectivity index (χ3n) is 4.00. The summed E-state index contributed by atoms with van der Waals surface area (Å²) in [6, 6.07) is 15.3. The van der Waals surface area contributed by atoms with E-state index in [-0.39, 0.29) is 5.82 Å². The van der Waals surface area contributed by atoms with Gasteiger partial charge in [0.15, 0.2) is 0 Å². The molecule has 0 aliphatic heterocycles. The van der Waals surface area contributed by atoms with Crippen molar-refractivity contribution in [2.24, 2.45) is 0 Å². The molecule has 1 saturated carbocycles. The highest BCUT2D eigenvalue weighted by Crippen LogP contribution is 2.37. The Labute approximate surface area is 123 Å². The van der Waals surface area contributed by atoms with Gasteiger partial charge in [-0.25, -0.2) is 4.39 Å². The van der Waals surface area contributed by atoms with Gasteiger partial charge in [0.1, 0.15) is 5.82 Å². The van der Waals surface area contributed by atoms with Gasteiger partial charge in [-0.05, 0) is 48.1 Å². The van der Waals surface area contributed by atoms with Crippen LogP contribution >= 0.6 is 11.6 Å². The second-order valence-corrected chi connectivity index (χ2v) is 5.80. The van der Waals surface area contributed by atoms with E-state index in [1.54, 1.807) is 12.1 Å². The van der Waals surface area contributed by atoms with E-state index in [0.717, 1.165) is 35.5 Å². The Hall–Kier alpha value is -1.38. The van der Waals surface area contributed by atoms with Crippen molar-refractivity contribution in [2.45, 2.75) is 31.3 Å². The van der Waals surface area contributed by atoms with Crippen LogP contribution in [-0.2, 0) is 6.54 Å². The minimum absolute atomic E-state index is 0.144. The summed E-state index contributed by atoms with van der Waals surface area (Å²) in [5.41, 5.74) is 2.24. The Kier molecular flexibility index (Phi) is 4.04. The summed E-state index contributed by atoms with van der Waals surface area (Å²) in [5, 5.41) is 4.32. The minimum atomic E-state index is -0.144. The zero-order valence-corrected chi connectivity index (χ0v) is 11.9. The van der Waals surface area contributed by atoms with Crippen molar-refractivity contribution in [3.63, 3.8) is 0 Å². The van der Waals surface area contributed by atoms with Gasteiger partial charge in [-0.3, -0.25) is 0 Å². The highest BCUT2D eigenvalue weighted by Gasteiger charge is 2.29. The van der Waals surface area contributed by atoms with Crippen molar-refractivity contribution in [3.05, 3.63) is 70.5 Å². The maximum Gasteiger partial charge on any atom is 0.123 e. The largest absolute Gasteiger partial charge is 0.310 e. The van der Waals surface area contributed by atoms with Gasteiger partial charge in [0.05, 0.1) is 0 Å². The molecule has 0 amide bonds. The molecule has 0 heterocycles. The van der Waals surface area contributed by atoms with E-state index in [1.807, 2.05) is 30.3 Å². The summed E-state index contributed by atoms with van der Waals surface area (Å²) < 4.78 is 13.2. The van der Waals surface area contributed by atoms with Gasteiger partial charge >= 0.3 is 0 Å². The van der Waals surface area contributed by atoms with Crippen molar-refractivity contribution >= 4 is 11.6 Å². The Morgan fingerprint density at radius 1 is 1.10 bits per heavy atom. The molecular formula is C17H17ClFN. The third-order valence-corrected chi connectivity index (χ3v) is 4.37. The molecule has 1 fully saturated rings. The second kappa shape index (κ2) is 5.94. The number of benzene rings is 2. The Morgan fingerprint density at radius 2 is 1.90 bits per heavy atom. The molecule has 0 bridgehead atoms. The third kappa shape index (κ3) is 3.02. The topological polar surface area (TPSA) is 12.0 Å².